The molecule has 0 atom stereocenters. The largest absolute Gasteiger partial charge is 0.393 e. The highest BCUT2D eigenvalue weighted by atomic mass is 35.5. The summed E-state index contributed by atoms with van der Waals surface area (Å²) in [6, 6.07) is 8.70. The molecule has 2 saturated carbocycles. The standard InChI is InChI=1S/C26H33ClN6O2/c27-23-12-16(22-14-30-26-21(22)2-1-11-28-26)13-24(33-23)31-18-3-5-19(6-4-18)32-25(35)15-29-17-7-9-20(34)10-8-17/h1-2,11-14,17-20,29,34H,3-10,15H2,(H,28,30)(H,31,33)(H,32,35)/t17-,18-,19-,20-. The minimum atomic E-state index is -0.176. The number of H-pyrrole nitrogens is 1. The summed E-state index contributed by atoms with van der Waals surface area (Å²) in [6.07, 6.45) is 10.8. The Bertz CT molecular complexity index is 1150. The van der Waals surface area contributed by atoms with E-state index in [2.05, 4.69) is 30.9 Å². The number of aliphatic hydroxyl groups excluding tert-OH is 1. The molecule has 2 aliphatic rings. The Balaban J connectivity index is 1.11. The van der Waals surface area contributed by atoms with Gasteiger partial charge in [0.2, 0.25) is 5.91 Å². The molecule has 186 valence electrons. The first-order chi connectivity index (χ1) is 17.0. The van der Waals surface area contributed by atoms with Crippen LogP contribution in [0.15, 0.2) is 36.7 Å². The number of anilines is 1. The summed E-state index contributed by atoms with van der Waals surface area (Å²) in [5, 5.41) is 21.2. The van der Waals surface area contributed by atoms with Crippen LogP contribution < -0.4 is 16.0 Å². The van der Waals surface area contributed by atoms with Gasteiger partial charge in [0.1, 0.15) is 16.6 Å². The van der Waals surface area contributed by atoms with Crippen molar-refractivity contribution in [2.45, 2.75) is 75.6 Å². The van der Waals surface area contributed by atoms with Crippen LogP contribution in [-0.2, 0) is 4.79 Å². The van der Waals surface area contributed by atoms with Gasteiger partial charge in [-0.15, -0.1) is 0 Å². The van der Waals surface area contributed by atoms with Gasteiger partial charge in [0.15, 0.2) is 0 Å². The molecule has 2 fully saturated rings. The maximum atomic E-state index is 12.4. The van der Waals surface area contributed by atoms with Gasteiger partial charge in [0.05, 0.1) is 12.6 Å². The first kappa shape index (κ1) is 24.0. The Hall–Kier alpha value is -2.68. The van der Waals surface area contributed by atoms with Crippen LogP contribution in [0.25, 0.3) is 22.2 Å². The molecular weight excluding hydrogens is 464 g/mol. The third kappa shape index (κ3) is 6.12. The number of halogens is 1. The first-order valence-electron chi connectivity index (χ1n) is 12.6. The van der Waals surface area contributed by atoms with Gasteiger partial charge in [0, 0.05) is 41.5 Å². The number of nitrogens with zero attached hydrogens (tertiary/aromatic N) is 2. The van der Waals surface area contributed by atoms with Crippen LogP contribution in [0.2, 0.25) is 5.15 Å². The van der Waals surface area contributed by atoms with E-state index in [0.29, 0.717) is 23.8 Å². The van der Waals surface area contributed by atoms with Gasteiger partial charge in [-0.2, -0.15) is 0 Å². The molecule has 1 amide bonds. The Kier molecular flexibility index (Phi) is 7.51. The number of rotatable bonds is 7. The molecule has 35 heavy (non-hydrogen) atoms. The molecule has 0 spiro atoms. The van der Waals surface area contributed by atoms with Gasteiger partial charge in [0.25, 0.3) is 0 Å². The van der Waals surface area contributed by atoms with Gasteiger partial charge in [-0.05, 0) is 81.2 Å². The summed E-state index contributed by atoms with van der Waals surface area (Å²) in [6.45, 7) is 0.345. The lowest BCUT2D eigenvalue weighted by Gasteiger charge is -2.30. The molecule has 2 aliphatic carbocycles. The lowest BCUT2D eigenvalue weighted by Crippen LogP contribution is -2.46. The van der Waals surface area contributed by atoms with E-state index in [1.807, 2.05) is 30.5 Å². The van der Waals surface area contributed by atoms with E-state index >= 15 is 0 Å². The molecule has 0 unspecified atom stereocenters. The van der Waals surface area contributed by atoms with Crippen LogP contribution in [0.5, 0.6) is 0 Å². The Morgan fingerprint density at radius 3 is 2.60 bits per heavy atom. The molecule has 9 heteroatoms. The molecule has 0 saturated heterocycles. The fraction of sp³-hybridized carbons (Fsp3) is 0.500. The fourth-order valence-electron chi connectivity index (χ4n) is 5.31. The van der Waals surface area contributed by atoms with Crippen molar-refractivity contribution in [1.29, 1.82) is 0 Å². The second-order valence-corrected chi connectivity index (χ2v) is 10.2. The first-order valence-corrected chi connectivity index (χ1v) is 13.0. The number of aliphatic hydroxyl groups is 1. The van der Waals surface area contributed by atoms with Crippen molar-refractivity contribution in [1.82, 2.24) is 25.6 Å². The van der Waals surface area contributed by atoms with Crippen molar-refractivity contribution in [2.75, 3.05) is 11.9 Å². The zero-order chi connectivity index (χ0) is 24.2. The van der Waals surface area contributed by atoms with E-state index in [4.69, 9.17) is 11.6 Å². The number of fused-ring (bicyclic) bond motifs is 1. The lowest BCUT2D eigenvalue weighted by atomic mass is 9.91. The number of carbonyl (C=O) groups excluding carboxylic acids is 1. The van der Waals surface area contributed by atoms with Gasteiger partial charge >= 0.3 is 0 Å². The summed E-state index contributed by atoms with van der Waals surface area (Å²) in [4.78, 5) is 24.5. The van der Waals surface area contributed by atoms with Gasteiger partial charge < -0.3 is 26.0 Å². The summed E-state index contributed by atoms with van der Waals surface area (Å²) in [7, 11) is 0. The molecule has 5 N–H and O–H groups in total. The third-order valence-electron chi connectivity index (χ3n) is 7.25. The molecule has 3 aromatic rings. The van der Waals surface area contributed by atoms with E-state index in [1.54, 1.807) is 6.20 Å². The van der Waals surface area contributed by atoms with Crippen LogP contribution in [-0.4, -0.2) is 56.7 Å². The van der Waals surface area contributed by atoms with E-state index in [0.717, 1.165) is 79.3 Å². The topological polar surface area (TPSA) is 115 Å². The predicted octanol–water partition coefficient (Wildman–Crippen LogP) is 4.01. The lowest BCUT2D eigenvalue weighted by molar-refractivity contribution is -0.121. The molecule has 0 aromatic carbocycles. The second-order valence-electron chi connectivity index (χ2n) is 9.81. The van der Waals surface area contributed by atoms with Crippen LogP contribution in [0.1, 0.15) is 51.4 Å². The minimum Gasteiger partial charge on any atom is -0.393 e. The highest BCUT2D eigenvalue weighted by molar-refractivity contribution is 6.29. The summed E-state index contributed by atoms with van der Waals surface area (Å²) in [5.74, 6) is 0.821. The molecule has 8 nitrogen and oxygen atoms in total. The summed E-state index contributed by atoms with van der Waals surface area (Å²) < 4.78 is 0. The monoisotopic (exact) mass is 496 g/mol. The van der Waals surface area contributed by atoms with Crippen LogP contribution >= 0.6 is 11.6 Å². The SMILES string of the molecule is O=C(CN[C@H]1CC[C@H](O)CC1)N[C@H]1CC[C@H](Nc2cc(-c3c[nH]c4ncccc34)cc(Cl)n2)CC1. The quantitative estimate of drug-likeness (QED) is 0.316. The zero-order valence-corrected chi connectivity index (χ0v) is 20.5. The number of carbonyl (C=O) groups is 1. The second kappa shape index (κ2) is 10.9. The van der Waals surface area contributed by atoms with Gasteiger partial charge in [-0.3, -0.25) is 4.79 Å². The van der Waals surface area contributed by atoms with Crippen molar-refractivity contribution in [3.05, 3.63) is 41.8 Å². The molecule has 3 heterocycles. The Labute approximate surface area is 210 Å². The highest BCUT2D eigenvalue weighted by Gasteiger charge is 2.24. The molecule has 3 aromatic heterocycles. The number of nitrogens with one attached hydrogen (secondary N) is 4. The number of amides is 1. The van der Waals surface area contributed by atoms with Crippen molar-refractivity contribution in [2.24, 2.45) is 0 Å². The van der Waals surface area contributed by atoms with Crippen molar-refractivity contribution in [3.63, 3.8) is 0 Å². The van der Waals surface area contributed by atoms with Crippen molar-refractivity contribution >= 4 is 34.4 Å². The summed E-state index contributed by atoms with van der Waals surface area (Å²) in [5.41, 5.74) is 2.88. The smallest absolute Gasteiger partial charge is 0.234 e. The van der Waals surface area contributed by atoms with E-state index in [1.165, 1.54) is 0 Å². The van der Waals surface area contributed by atoms with Gasteiger partial charge in [-0.1, -0.05) is 11.6 Å². The summed E-state index contributed by atoms with van der Waals surface area (Å²) >= 11 is 6.37. The highest BCUT2D eigenvalue weighted by Crippen LogP contribution is 2.31. The van der Waals surface area contributed by atoms with Crippen molar-refractivity contribution in [3.8, 4) is 11.1 Å². The van der Waals surface area contributed by atoms with E-state index < -0.39 is 0 Å². The average Bonchev–Trinajstić information content (AvgIpc) is 3.29. The maximum Gasteiger partial charge on any atom is 0.234 e. The maximum absolute atomic E-state index is 12.4. The Morgan fingerprint density at radius 1 is 1.06 bits per heavy atom. The predicted molar refractivity (Wildman–Crippen MR) is 138 cm³/mol. The number of aromatic nitrogens is 3. The molecule has 0 bridgehead atoms. The van der Waals surface area contributed by atoms with Crippen LogP contribution in [0.3, 0.4) is 0 Å². The normalized spacial score (nSPS) is 24.9. The van der Waals surface area contributed by atoms with E-state index in [-0.39, 0.29) is 18.1 Å². The molecular formula is C26H33ClN6O2. The molecule has 0 aliphatic heterocycles. The number of hydrogen-bond acceptors (Lipinski definition) is 6. The average molecular weight is 497 g/mol. The van der Waals surface area contributed by atoms with E-state index in [9.17, 15) is 9.90 Å². The minimum absolute atomic E-state index is 0.0573. The van der Waals surface area contributed by atoms with Crippen LogP contribution in [0, 0.1) is 0 Å². The van der Waals surface area contributed by atoms with Gasteiger partial charge in [-0.25, -0.2) is 9.97 Å². The number of aromatic amines is 1. The third-order valence-corrected chi connectivity index (χ3v) is 7.44. The number of hydrogen-bond donors (Lipinski definition) is 5. The number of pyridine rings is 2. The Morgan fingerprint density at radius 2 is 1.80 bits per heavy atom. The zero-order valence-electron chi connectivity index (χ0n) is 19.8. The molecule has 5 rings (SSSR count). The molecule has 0 radical (unpaired) electrons. The fourth-order valence-corrected chi connectivity index (χ4v) is 5.52. The van der Waals surface area contributed by atoms with Crippen molar-refractivity contribution < 1.29 is 9.90 Å². The van der Waals surface area contributed by atoms with Crippen LogP contribution in [0.4, 0.5) is 5.82 Å².